The molecule has 0 saturated carbocycles. The molecule has 7 heteroatoms. The maximum atomic E-state index is 12.9. The smallest absolute Gasteiger partial charge is 0.407 e. The van der Waals surface area contributed by atoms with Crippen molar-refractivity contribution in [3.63, 3.8) is 0 Å². The van der Waals surface area contributed by atoms with Crippen LogP contribution in [0.25, 0.3) is 0 Å². The highest BCUT2D eigenvalue weighted by Gasteiger charge is 2.20. The first-order valence-corrected chi connectivity index (χ1v) is 11.1. The van der Waals surface area contributed by atoms with Crippen molar-refractivity contribution in [2.24, 2.45) is 0 Å². The van der Waals surface area contributed by atoms with Gasteiger partial charge in [-0.25, -0.2) is 4.79 Å². The molecule has 0 aliphatic rings. The van der Waals surface area contributed by atoms with E-state index in [4.69, 9.17) is 9.47 Å². The molecular formula is C26H34N2O5. The predicted octanol–water partition coefficient (Wildman–Crippen LogP) is 4.52. The largest absolute Gasteiger partial charge is 0.489 e. The fraction of sp³-hybridized carbons (Fsp3) is 0.423. The lowest BCUT2D eigenvalue weighted by Gasteiger charge is -2.23. The van der Waals surface area contributed by atoms with Gasteiger partial charge in [0, 0.05) is 25.1 Å². The summed E-state index contributed by atoms with van der Waals surface area (Å²) in [5.74, 6) is 0.354. The van der Waals surface area contributed by atoms with E-state index in [1.807, 2.05) is 43.3 Å². The molecular weight excluding hydrogens is 420 g/mol. The van der Waals surface area contributed by atoms with Gasteiger partial charge < -0.3 is 19.7 Å². The van der Waals surface area contributed by atoms with Crippen molar-refractivity contribution >= 4 is 17.8 Å². The SMILES string of the molecule is CCC(=O)N(CCNC(=O)OC(C)(C)C)CC(=O)c1ccc(OCc2ccccc2)cc1C. The van der Waals surface area contributed by atoms with Crippen LogP contribution in [0.5, 0.6) is 5.75 Å². The fourth-order valence-electron chi connectivity index (χ4n) is 3.16. The van der Waals surface area contributed by atoms with E-state index in [0.29, 0.717) is 17.9 Å². The molecule has 2 aromatic rings. The van der Waals surface area contributed by atoms with Crippen LogP contribution in [0, 0.1) is 6.92 Å². The number of nitrogens with zero attached hydrogens (tertiary/aromatic N) is 1. The zero-order valence-corrected chi connectivity index (χ0v) is 20.1. The number of carbonyl (C=O) groups excluding carboxylic acids is 3. The number of carbonyl (C=O) groups is 3. The Morgan fingerprint density at radius 3 is 2.33 bits per heavy atom. The van der Waals surface area contributed by atoms with Gasteiger partial charge in [-0.3, -0.25) is 9.59 Å². The van der Waals surface area contributed by atoms with Crippen molar-refractivity contribution in [2.75, 3.05) is 19.6 Å². The Labute approximate surface area is 196 Å². The van der Waals surface area contributed by atoms with Crippen LogP contribution in [-0.2, 0) is 16.1 Å². The Morgan fingerprint density at radius 2 is 1.73 bits per heavy atom. The van der Waals surface area contributed by atoms with Crippen LogP contribution in [0.2, 0.25) is 0 Å². The molecule has 0 unspecified atom stereocenters. The highest BCUT2D eigenvalue weighted by Crippen LogP contribution is 2.19. The summed E-state index contributed by atoms with van der Waals surface area (Å²) in [5.41, 5.74) is 1.77. The van der Waals surface area contributed by atoms with Crippen LogP contribution in [0.15, 0.2) is 48.5 Å². The van der Waals surface area contributed by atoms with E-state index in [2.05, 4.69) is 5.32 Å². The summed E-state index contributed by atoms with van der Waals surface area (Å²) < 4.78 is 11.0. The van der Waals surface area contributed by atoms with E-state index in [9.17, 15) is 14.4 Å². The number of Topliss-reactive ketones (excluding diaryl/α,β-unsaturated/α-hetero) is 1. The lowest BCUT2D eigenvalue weighted by Crippen LogP contribution is -2.42. The number of ketones is 1. The number of amides is 2. The molecule has 2 amide bonds. The normalized spacial score (nSPS) is 10.9. The molecule has 0 saturated heterocycles. The molecule has 0 aliphatic heterocycles. The maximum absolute atomic E-state index is 12.9. The molecule has 2 rings (SSSR count). The number of rotatable bonds is 10. The first-order chi connectivity index (χ1) is 15.6. The van der Waals surface area contributed by atoms with Gasteiger partial charge in [0.05, 0.1) is 6.54 Å². The lowest BCUT2D eigenvalue weighted by atomic mass is 10.0. The van der Waals surface area contributed by atoms with Crippen molar-refractivity contribution < 1.29 is 23.9 Å². The first kappa shape index (κ1) is 25.9. The zero-order valence-electron chi connectivity index (χ0n) is 20.1. The molecule has 0 bridgehead atoms. The van der Waals surface area contributed by atoms with Gasteiger partial charge in [0.15, 0.2) is 5.78 Å². The summed E-state index contributed by atoms with van der Waals surface area (Å²) in [6.45, 7) is 9.71. The third-order valence-corrected chi connectivity index (χ3v) is 4.79. The Bertz CT molecular complexity index is 951. The quantitative estimate of drug-likeness (QED) is 0.534. The third kappa shape index (κ3) is 8.96. The summed E-state index contributed by atoms with van der Waals surface area (Å²) in [6.07, 6.45) is -0.287. The molecule has 1 N–H and O–H groups in total. The summed E-state index contributed by atoms with van der Waals surface area (Å²) in [7, 11) is 0. The number of hydrogen-bond acceptors (Lipinski definition) is 5. The van der Waals surface area contributed by atoms with Crippen LogP contribution < -0.4 is 10.1 Å². The molecule has 0 spiro atoms. The second-order valence-electron chi connectivity index (χ2n) is 8.77. The lowest BCUT2D eigenvalue weighted by molar-refractivity contribution is -0.130. The van der Waals surface area contributed by atoms with Crippen LogP contribution in [0.4, 0.5) is 4.79 Å². The molecule has 0 fully saturated rings. The Hall–Kier alpha value is -3.35. The van der Waals surface area contributed by atoms with Gasteiger partial charge in [0.1, 0.15) is 18.0 Å². The summed E-state index contributed by atoms with van der Waals surface area (Å²) in [4.78, 5) is 38.6. The Kier molecular flexibility index (Phi) is 9.45. The molecule has 0 aromatic heterocycles. The van der Waals surface area contributed by atoms with E-state index in [0.717, 1.165) is 11.1 Å². The second kappa shape index (κ2) is 12.0. The van der Waals surface area contributed by atoms with Crippen molar-refractivity contribution in [3.8, 4) is 5.75 Å². The number of aryl methyl sites for hydroxylation is 1. The minimum atomic E-state index is -0.604. The standard InChI is InChI=1S/C26H34N2O5/c1-6-24(30)28(15-14-27-25(31)33-26(3,4)5)17-23(29)22-13-12-21(16-19(22)2)32-18-20-10-8-7-9-11-20/h7-13,16H,6,14-15,17-18H2,1-5H3,(H,27,31). The zero-order chi connectivity index (χ0) is 24.4. The van der Waals surface area contributed by atoms with Gasteiger partial charge in [-0.2, -0.15) is 0 Å². The summed E-state index contributed by atoms with van der Waals surface area (Å²) in [6, 6.07) is 15.2. The van der Waals surface area contributed by atoms with E-state index in [1.54, 1.807) is 39.8 Å². The van der Waals surface area contributed by atoms with Gasteiger partial charge >= 0.3 is 6.09 Å². The summed E-state index contributed by atoms with van der Waals surface area (Å²) >= 11 is 0. The first-order valence-electron chi connectivity index (χ1n) is 11.1. The average molecular weight is 455 g/mol. The molecule has 7 nitrogen and oxygen atoms in total. The fourth-order valence-corrected chi connectivity index (χ4v) is 3.16. The van der Waals surface area contributed by atoms with Crippen LogP contribution in [0.3, 0.4) is 0 Å². The Balaban J connectivity index is 1.96. The van der Waals surface area contributed by atoms with Gasteiger partial charge in [-0.05, 0) is 57.0 Å². The van der Waals surface area contributed by atoms with Crippen LogP contribution >= 0.6 is 0 Å². The minimum absolute atomic E-state index is 0.0618. The molecule has 0 heterocycles. The van der Waals surface area contributed by atoms with Gasteiger partial charge in [-0.1, -0.05) is 37.3 Å². The third-order valence-electron chi connectivity index (χ3n) is 4.79. The van der Waals surface area contributed by atoms with Gasteiger partial charge in [0.2, 0.25) is 5.91 Å². The van der Waals surface area contributed by atoms with E-state index >= 15 is 0 Å². The van der Waals surface area contributed by atoms with Crippen molar-refractivity contribution in [1.82, 2.24) is 10.2 Å². The second-order valence-corrected chi connectivity index (χ2v) is 8.77. The van der Waals surface area contributed by atoms with Crippen molar-refractivity contribution in [3.05, 3.63) is 65.2 Å². The topological polar surface area (TPSA) is 84.9 Å². The van der Waals surface area contributed by atoms with Gasteiger partial charge in [0.25, 0.3) is 0 Å². The van der Waals surface area contributed by atoms with Gasteiger partial charge in [-0.15, -0.1) is 0 Å². The number of alkyl carbamates (subject to hydrolysis) is 1. The molecule has 0 atom stereocenters. The van der Waals surface area contributed by atoms with E-state index < -0.39 is 11.7 Å². The monoisotopic (exact) mass is 454 g/mol. The van der Waals surface area contributed by atoms with E-state index in [-0.39, 0.29) is 37.7 Å². The van der Waals surface area contributed by atoms with Crippen molar-refractivity contribution in [2.45, 2.75) is 53.2 Å². The predicted molar refractivity (Wildman–Crippen MR) is 127 cm³/mol. The highest BCUT2D eigenvalue weighted by atomic mass is 16.6. The van der Waals surface area contributed by atoms with E-state index in [1.165, 1.54) is 4.90 Å². The Morgan fingerprint density at radius 1 is 1.03 bits per heavy atom. The molecule has 0 aliphatic carbocycles. The average Bonchev–Trinajstić information content (AvgIpc) is 2.75. The maximum Gasteiger partial charge on any atom is 0.407 e. The number of benzene rings is 2. The van der Waals surface area contributed by atoms with Crippen LogP contribution in [0.1, 0.15) is 55.6 Å². The molecule has 0 radical (unpaired) electrons. The van der Waals surface area contributed by atoms with Crippen molar-refractivity contribution in [1.29, 1.82) is 0 Å². The number of nitrogens with one attached hydrogen (secondary N) is 1. The molecule has 2 aromatic carbocycles. The summed E-state index contributed by atoms with van der Waals surface area (Å²) in [5, 5.41) is 2.63. The highest BCUT2D eigenvalue weighted by molar-refractivity contribution is 6.00. The number of ether oxygens (including phenoxy) is 2. The molecule has 178 valence electrons. The van der Waals surface area contributed by atoms with Crippen LogP contribution in [-0.4, -0.2) is 47.9 Å². The molecule has 33 heavy (non-hydrogen) atoms. The minimum Gasteiger partial charge on any atom is -0.489 e. The number of hydrogen-bond donors (Lipinski definition) is 1.